The summed E-state index contributed by atoms with van der Waals surface area (Å²) in [5, 5.41) is 15.8. The van der Waals surface area contributed by atoms with Crippen molar-refractivity contribution in [1.82, 2.24) is 24.7 Å². The van der Waals surface area contributed by atoms with Crippen LogP contribution in [-0.2, 0) is 4.79 Å². The number of carbonyl (C=O) groups excluding carboxylic acids is 1. The predicted octanol–water partition coefficient (Wildman–Crippen LogP) is 3.20. The molecule has 0 N–H and O–H groups in total. The van der Waals surface area contributed by atoms with E-state index in [0.29, 0.717) is 11.4 Å². The molecule has 3 aromatic rings. The number of fused-ring (bicyclic) bond motifs is 1. The molecule has 0 aromatic carbocycles. The Bertz CT molecular complexity index is 868. The number of rotatable bonds is 4. The highest BCUT2D eigenvalue weighted by atomic mass is 32.2. The van der Waals surface area contributed by atoms with Gasteiger partial charge in [0.25, 0.3) is 0 Å². The molecule has 0 unspecified atom stereocenters. The number of likely N-dealkylation sites (tertiary alicyclic amines) is 1. The molecule has 130 valence electrons. The van der Waals surface area contributed by atoms with Crippen molar-refractivity contribution in [3.05, 3.63) is 29.6 Å². The van der Waals surface area contributed by atoms with Gasteiger partial charge in [-0.3, -0.25) is 4.79 Å². The molecule has 1 amide bonds. The topological polar surface area (TPSA) is 63.4 Å². The first-order chi connectivity index (χ1) is 12.2. The summed E-state index contributed by atoms with van der Waals surface area (Å²) in [6.45, 7) is 4.00. The number of thiophene rings is 1. The highest BCUT2D eigenvalue weighted by molar-refractivity contribution is 7.99. The van der Waals surface area contributed by atoms with Crippen molar-refractivity contribution in [1.29, 1.82) is 0 Å². The van der Waals surface area contributed by atoms with Gasteiger partial charge >= 0.3 is 0 Å². The Balaban J connectivity index is 1.47. The molecule has 0 aliphatic carbocycles. The monoisotopic (exact) mass is 373 g/mol. The molecule has 8 heteroatoms. The summed E-state index contributed by atoms with van der Waals surface area (Å²) >= 11 is 3.08. The van der Waals surface area contributed by atoms with Gasteiger partial charge in [-0.25, -0.2) is 0 Å². The second kappa shape index (κ2) is 7.13. The van der Waals surface area contributed by atoms with Gasteiger partial charge in [0.1, 0.15) is 5.03 Å². The van der Waals surface area contributed by atoms with Crippen LogP contribution < -0.4 is 0 Å². The van der Waals surface area contributed by atoms with E-state index in [4.69, 9.17) is 0 Å². The molecule has 0 radical (unpaired) electrons. The summed E-state index contributed by atoms with van der Waals surface area (Å²) < 4.78 is 1.75. The summed E-state index contributed by atoms with van der Waals surface area (Å²) in [7, 11) is 0. The van der Waals surface area contributed by atoms with Crippen molar-refractivity contribution in [3.8, 4) is 10.7 Å². The van der Waals surface area contributed by atoms with E-state index in [1.165, 1.54) is 11.8 Å². The van der Waals surface area contributed by atoms with Gasteiger partial charge in [-0.05, 0) is 42.3 Å². The van der Waals surface area contributed by atoms with Crippen molar-refractivity contribution >= 4 is 34.7 Å². The van der Waals surface area contributed by atoms with Crippen LogP contribution in [0, 0.1) is 5.92 Å². The Morgan fingerprint density at radius 1 is 1.28 bits per heavy atom. The molecule has 1 aliphatic heterocycles. The van der Waals surface area contributed by atoms with E-state index in [1.807, 2.05) is 34.5 Å². The van der Waals surface area contributed by atoms with E-state index >= 15 is 0 Å². The number of carbonyl (C=O) groups is 1. The standard InChI is InChI=1S/C17H19N5OS2/c1-12-6-8-21(9-7-12)16(23)11-25-15-5-4-14-18-19-17(22(14)20-15)13-3-2-10-24-13/h2-5,10,12H,6-9,11H2,1H3. The average molecular weight is 374 g/mol. The second-order valence-electron chi connectivity index (χ2n) is 6.29. The van der Waals surface area contributed by atoms with E-state index in [-0.39, 0.29) is 5.91 Å². The number of amides is 1. The zero-order chi connectivity index (χ0) is 17.2. The van der Waals surface area contributed by atoms with Crippen LogP contribution in [-0.4, -0.2) is 49.5 Å². The lowest BCUT2D eigenvalue weighted by molar-refractivity contribution is -0.129. The molecule has 25 heavy (non-hydrogen) atoms. The van der Waals surface area contributed by atoms with Crippen molar-refractivity contribution in [2.45, 2.75) is 24.8 Å². The van der Waals surface area contributed by atoms with E-state index < -0.39 is 0 Å². The van der Waals surface area contributed by atoms with Crippen LogP contribution in [0.15, 0.2) is 34.7 Å². The molecule has 1 saturated heterocycles. The minimum atomic E-state index is 0.195. The minimum absolute atomic E-state index is 0.195. The largest absolute Gasteiger partial charge is 0.342 e. The van der Waals surface area contributed by atoms with Crippen LogP contribution in [0.2, 0.25) is 0 Å². The maximum atomic E-state index is 12.4. The van der Waals surface area contributed by atoms with Gasteiger partial charge in [-0.15, -0.1) is 21.5 Å². The van der Waals surface area contributed by atoms with Crippen LogP contribution in [0.5, 0.6) is 0 Å². The van der Waals surface area contributed by atoms with E-state index in [0.717, 1.165) is 47.6 Å². The number of piperidine rings is 1. The maximum Gasteiger partial charge on any atom is 0.232 e. The Morgan fingerprint density at radius 3 is 2.88 bits per heavy atom. The minimum Gasteiger partial charge on any atom is -0.342 e. The number of thioether (sulfide) groups is 1. The molecule has 1 fully saturated rings. The molecule has 1 aliphatic rings. The van der Waals surface area contributed by atoms with Gasteiger partial charge in [0, 0.05) is 13.1 Å². The quantitative estimate of drug-likeness (QED) is 0.657. The Kier molecular flexibility index (Phi) is 4.72. The fourth-order valence-corrected chi connectivity index (χ4v) is 4.34. The molecule has 4 heterocycles. The lowest BCUT2D eigenvalue weighted by atomic mass is 9.99. The van der Waals surface area contributed by atoms with Gasteiger partial charge in [0.05, 0.1) is 10.6 Å². The van der Waals surface area contributed by atoms with Crippen LogP contribution in [0.25, 0.3) is 16.3 Å². The Labute approximate surface area is 154 Å². The molecule has 6 nitrogen and oxygen atoms in total. The molecule has 0 saturated carbocycles. The third-order valence-corrected chi connectivity index (χ3v) is 6.23. The van der Waals surface area contributed by atoms with Gasteiger partial charge in [0.2, 0.25) is 5.91 Å². The highest BCUT2D eigenvalue weighted by Gasteiger charge is 2.20. The second-order valence-corrected chi connectivity index (χ2v) is 8.24. The summed E-state index contributed by atoms with van der Waals surface area (Å²) in [5.74, 6) is 2.08. The van der Waals surface area contributed by atoms with Crippen molar-refractivity contribution in [3.63, 3.8) is 0 Å². The average Bonchev–Trinajstić information content (AvgIpc) is 3.29. The van der Waals surface area contributed by atoms with Gasteiger partial charge in [-0.1, -0.05) is 24.8 Å². The zero-order valence-electron chi connectivity index (χ0n) is 14.0. The van der Waals surface area contributed by atoms with E-state index in [9.17, 15) is 4.79 Å². The van der Waals surface area contributed by atoms with Crippen LogP contribution >= 0.6 is 23.1 Å². The van der Waals surface area contributed by atoms with E-state index in [1.54, 1.807) is 15.9 Å². The van der Waals surface area contributed by atoms with E-state index in [2.05, 4.69) is 22.2 Å². The number of hydrogen-bond donors (Lipinski definition) is 0. The highest BCUT2D eigenvalue weighted by Crippen LogP contribution is 2.24. The number of hydrogen-bond acceptors (Lipinski definition) is 6. The van der Waals surface area contributed by atoms with Gasteiger partial charge in [0.15, 0.2) is 11.5 Å². The number of aromatic nitrogens is 4. The first kappa shape index (κ1) is 16.5. The lowest BCUT2D eigenvalue weighted by Crippen LogP contribution is -2.38. The summed E-state index contributed by atoms with van der Waals surface area (Å²) in [6.07, 6.45) is 2.21. The summed E-state index contributed by atoms with van der Waals surface area (Å²) in [6, 6.07) is 7.78. The van der Waals surface area contributed by atoms with Crippen molar-refractivity contribution in [2.75, 3.05) is 18.8 Å². The number of nitrogens with zero attached hydrogens (tertiary/aromatic N) is 5. The molecular weight excluding hydrogens is 354 g/mol. The fourth-order valence-electron chi connectivity index (χ4n) is 2.89. The molecular formula is C17H19N5OS2. The molecule has 0 atom stereocenters. The predicted molar refractivity (Wildman–Crippen MR) is 99.8 cm³/mol. The Morgan fingerprint density at radius 2 is 2.12 bits per heavy atom. The van der Waals surface area contributed by atoms with Crippen LogP contribution in [0.3, 0.4) is 0 Å². The van der Waals surface area contributed by atoms with Gasteiger partial charge in [-0.2, -0.15) is 9.61 Å². The third kappa shape index (κ3) is 3.55. The Hall–Kier alpha value is -1.93. The lowest BCUT2D eigenvalue weighted by Gasteiger charge is -2.30. The summed E-state index contributed by atoms with van der Waals surface area (Å²) in [4.78, 5) is 15.4. The normalized spacial score (nSPS) is 15.8. The molecule has 0 bridgehead atoms. The van der Waals surface area contributed by atoms with Crippen molar-refractivity contribution < 1.29 is 4.79 Å². The SMILES string of the molecule is CC1CCN(C(=O)CSc2ccc3nnc(-c4cccs4)n3n2)CC1. The smallest absolute Gasteiger partial charge is 0.232 e. The third-order valence-electron chi connectivity index (χ3n) is 4.46. The van der Waals surface area contributed by atoms with Gasteiger partial charge < -0.3 is 4.90 Å². The molecule has 0 spiro atoms. The first-order valence-corrected chi connectivity index (χ1v) is 10.2. The van der Waals surface area contributed by atoms with Crippen molar-refractivity contribution in [2.24, 2.45) is 5.92 Å². The maximum absolute atomic E-state index is 12.4. The van der Waals surface area contributed by atoms with Crippen LogP contribution in [0.4, 0.5) is 0 Å². The fraction of sp³-hybridized carbons (Fsp3) is 0.412. The van der Waals surface area contributed by atoms with Crippen LogP contribution in [0.1, 0.15) is 19.8 Å². The first-order valence-electron chi connectivity index (χ1n) is 8.37. The molecule has 4 rings (SSSR count). The molecule has 3 aromatic heterocycles. The zero-order valence-corrected chi connectivity index (χ0v) is 15.6. The summed E-state index contributed by atoms with van der Waals surface area (Å²) in [5.41, 5.74) is 0.712.